The summed E-state index contributed by atoms with van der Waals surface area (Å²) in [5.74, 6) is 0.0825. The third kappa shape index (κ3) is 6.75. The van der Waals surface area contributed by atoms with Crippen LogP contribution in [0.3, 0.4) is 0 Å². The highest BCUT2D eigenvalue weighted by Crippen LogP contribution is 2.20. The standard InChI is InChI=1S/C22H29N3O4S2/c1-4-15-25(16-5-2)31(27,28)18-13-11-17(12-14-18)23-22(30)24-21(26)19-9-7-8-10-20(19)29-6-3/h7-14H,4-6,15-16H2,1-3H3,(H2,23,24,26,30). The molecule has 0 aromatic heterocycles. The first-order valence-electron chi connectivity index (χ1n) is 10.3. The van der Waals surface area contributed by atoms with Crippen molar-refractivity contribution in [2.45, 2.75) is 38.5 Å². The second kappa shape index (κ2) is 11.8. The molecule has 2 rings (SSSR count). The number of benzene rings is 2. The van der Waals surface area contributed by atoms with Crippen LogP contribution in [0.2, 0.25) is 0 Å². The van der Waals surface area contributed by atoms with E-state index < -0.39 is 15.9 Å². The van der Waals surface area contributed by atoms with Gasteiger partial charge in [0.1, 0.15) is 5.75 Å². The predicted octanol–water partition coefficient (Wildman–Crippen LogP) is 4.02. The largest absolute Gasteiger partial charge is 0.493 e. The highest BCUT2D eigenvalue weighted by molar-refractivity contribution is 7.89. The van der Waals surface area contributed by atoms with Crippen LogP contribution in [0.25, 0.3) is 0 Å². The van der Waals surface area contributed by atoms with Crippen molar-refractivity contribution in [2.75, 3.05) is 25.0 Å². The van der Waals surface area contributed by atoms with Crippen molar-refractivity contribution in [3.05, 3.63) is 54.1 Å². The lowest BCUT2D eigenvalue weighted by Gasteiger charge is -2.21. The number of anilines is 1. The van der Waals surface area contributed by atoms with E-state index in [2.05, 4.69) is 10.6 Å². The van der Waals surface area contributed by atoms with E-state index in [4.69, 9.17) is 17.0 Å². The zero-order chi connectivity index (χ0) is 22.9. The van der Waals surface area contributed by atoms with E-state index in [0.717, 1.165) is 12.8 Å². The van der Waals surface area contributed by atoms with Crippen LogP contribution in [0, 0.1) is 0 Å². The molecule has 2 N–H and O–H groups in total. The van der Waals surface area contributed by atoms with Crippen LogP contribution >= 0.6 is 12.2 Å². The lowest BCUT2D eigenvalue weighted by Crippen LogP contribution is -2.34. The number of amides is 1. The molecule has 31 heavy (non-hydrogen) atoms. The van der Waals surface area contributed by atoms with Crippen molar-refractivity contribution in [1.82, 2.24) is 9.62 Å². The third-order valence-corrected chi connectivity index (χ3v) is 6.47. The first-order valence-corrected chi connectivity index (χ1v) is 12.1. The van der Waals surface area contributed by atoms with E-state index in [0.29, 0.717) is 36.7 Å². The molecule has 9 heteroatoms. The molecular weight excluding hydrogens is 434 g/mol. The maximum atomic E-state index is 12.8. The number of sulfonamides is 1. The molecule has 2 aromatic carbocycles. The molecule has 0 spiro atoms. The number of nitrogens with zero attached hydrogens (tertiary/aromatic N) is 1. The summed E-state index contributed by atoms with van der Waals surface area (Å²) in [5, 5.41) is 5.62. The zero-order valence-corrected chi connectivity index (χ0v) is 19.7. The SMILES string of the molecule is CCCN(CCC)S(=O)(=O)c1ccc(NC(=S)NC(=O)c2ccccc2OCC)cc1. The van der Waals surface area contributed by atoms with Gasteiger partial charge in [0.15, 0.2) is 5.11 Å². The smallest absolute Gasteiger partial charge is 0.261 e. The molecule has 0 fully saturated rings. The molecule has 0 bridgehead atoms. The number of hydrogen-bond acceptors (Lipinski definition) is 5. The van der Waals surface area contributed by atoms with Crippen LogP contribution in [0.5, 0.6) is 5.75 Å². The average Bonchev–Trinajstić information content (AvgIpc) is 2.74. The Morgan fingerprint density at radius 3 is 2.19 bits per heavy atom. The van der Waals surface area contributed by atoms with Crippen LogP contribution in [0.4, 0.5) is 5.69 Å². The summed E-state index contributed by atoms with van der Waals surface area (Å²) in [5.41, 5.74) is 0.946. The van der Waals surface area contributed by atoms with Gasteiger partial charge in [0.05, 0.1) is 17.1 Å². The second-order valence-corrected chi connectivity index (χ2v) is 9.11. The Morgan fingerprint density at radius 1 is 1.00 bits per heavy atom. The van der Waals surface area contributed by atoms with Gasteiger partial charge in [-0.15, -0.1) is 0 Å². The van der Waals surface area contributed by atoms with Crippen molar-refractivity contribution in [3.8, 4) is 5.75 Å². The van der Waals surface area contributed by atoms with Crippen molar-refractivity contribution in [3.63, 3.8) is 0 Å². The van der Waals surface area contributed by atoms with Crippen LogP contribution in [-0.2, 0) is 10.0 Å². The van der Waals surface area contributed by atoms with Crippen molar-refractivity contribution < 1.29 is 17.9 Å². The molecule has 0 atom stereocenters. The van der Waals surface area contributed by atoms with E-state index in [9.17, 15) is 13.2 Å². The Balaban J connectivity index is 2.06. The number of nitrogens with one attached hydrogen (secondary N) is 2. The molecular formula is C22H29N3O4S2. The number of para-hydroxylation sites is 1. The molecule has 0 saturated carbocycles. The van der Waals surface area contributed by atoms with Crippen molar-refractivity contribution in [2.24, 2.45) is 0 Å². The molecule has 0 saturated heterocycles. The zero-order valence-electron chi connectivity index (χ0n) is 18.1. The molecule has 2 aromatic rings. The monoisotopic (exact) mass is 463 g/mol. The van der Waals surface area contributed by atoms with Crippen LogP contribution < -0.4 is 15.4 Å². The normalized spacial score (nSPS) is 11.2. The summed E-state index contributed by atoms with van der Waals surface area (Å²) >= 11 is 5.23. The van der Waals surface area contributed by atoms with Gasteiger partial charge >= 0.3 is 0 Å². The first-order chi connectivity index (χ1) is 14.8. The van der Waals surface area contributed by atoms with Gasteiger partial charge in [-0.05, 0) is 68.4 Å². The molecule has 0 radical (unpaired) electrons. The van der Waals surface area contributed by atoms with Gasteiger partial charge in [-0.1, -0.05) is 26.0 Å². The fourth-order valence-corrected chi connectivity index (χ4v) is 4.81. The fourth-order valence-electron chi connectivity index (χ4n) is 2.98. The van der Waals surface area contributed by atoms with Crippen LogP contribution in [-0.4, -0.2) is 43.4 Å². The van der Waals surface area contributed by atoms with Gasteiger partial charge in [-0.25, -0.2) is 8.42 Å². The van der Waals surface area contributed by atoms with Crippen molar-refractivity contribution in [1.29, 1.82) is 0 Å². The Bertz CT molecular complexity index is 986. The summed E-state index contributed by atoms with van der Waals surface area (Å²) in [4.78, 5) is 12.7. The first kappa shape index (κ1) is 24.8. The minimum absolute atomic E-state index is 0.102. The van der Waals surface area contributed by atoms with Crippen LogP contribution in [0.15, 0.2) is 53.4 Å². The minimum Gasteiger partial charge on any atom is -0.493 e. The van der Waals surface area contributed by atoms with Gasteiger partial charge in [0.2, 0.25) is 10.0 Å². The Kier molecular flexibility index (Phi) is 9.42. The van der Waals surface area contributed by atoms with Crippen molar-refractivity contribution >= 4 is 38.9 Å². The molecule has 0 unspecified atom stereocenters. The second-order valence-electron chi connectivity index (χ2n) is 6.77. The summed E-state index contributed by atoms with van der Waals surface area (Å²) in [6.45, 7) is 7.15. The van der Waals surface area contributed by atoms with Gasteiger partial charge in [-0.2, -0.15) is 4.31 Å². The van der Waals surface area contributed by atoms with Gasteiger partial charge in [0, 0.05) is 18.8 Å². The lowest BCUT2D eigenvalue weighted by atomic mass is 10.2. The molecule has 1 amide bonds. The minimum atomic E-state index is -3.55. The van der Waals surface area contributed by atoms with E-state index >= 15 is 0 Å². The number of carbonyl (C=O) groups excluding carboxylic acids is 1. The predicted molar refractivity (Wildman–Crippen MR) is 127 cm³/mol. The van der Waals surface area contributed by atoms with E-state index in [1.54, 1.807) is 36.4 Å². The van der Waals surface area contributed by atoms with Crippen LogP contribution in [0.1, 0.15) is 44.0 Å². The molecule has 7 nitrogen and oxygen atoms in total. The maximum Gasteiger partial charge on any atom is 0.261 e. The fraction of sp³-hybridized carbons (Fsp3) is 0.364. The summed E-state index contributed by atoms with van der Waals surface area (Å²) in [6, 6.07) is 13.2. The number of hydrogen-bond donors (Lipinski definition) is 2. The average molecular weight is 464 g/mol. The summed E-state index contributed by atoms with van der Waals surface area (Å²) in [7, 11) is -3.55. The molecule has 0 aliphatic rings. The molecule has 168 valence electrons. The highest BCUT2D eigenvalue weighted by atomic mass is 32.2. The highest BCUT2D eigenvalue weighted by Gasteiger charge is 2.23. The maximum absolute atomic E-state index is 12.8. The van der Waals surface area contributed by atoms with E-state index in [-0.39, 0.29) is 10.0 Å². The lowest BCUT2D eigenvalue weighted by molar-refractivity contribution is 0.0974. The van der Waals surface area contributed by atoms with Gasteiger partial charge in [-0.3, -0.25) is 10.1 Å². The topological polar surface area (TPSA) is 87.7 Å². The number of rotatable bonds is 10. The van der Waals surface area contributed by atoms with Gasteiger partial charge < -0.3 is 10.1 Å². The Labute approximate surface area is 189 Å². The molecule has 0 aliphatic heterocycles. The quantitative estimate of drug-likeness (QED) is 0.518. The van der Waals surface area contributed by atoms with Gasteiger partial charge in [0.25, 0.3) is 5.91 Å². The van der Waals surface area contributed by atoms with E-state index in [1.165, 1.54) is 16.4 Å². The Hall–Kier alpha value is -2.49. The number of ether oxygens (including phenoxy) is 1. The van der Waals surface area contributed by atoms with E-state index in [1.807, 2.05) is 20.8 Å². The Morgan fingerprint density at radius 2 is 1.61 bits per heavy atom. The third-order valence-electron chi connectivity index (χ3n) is 4.35. The number of carbonyl (C=O) groups is 1. The number of thiocarbonyl (C=S) groups is 1. The summed E-state index contributed by atoms with van der Waals surface area (Å²) < 4.78 is 32.7. The molecule has 0 aliphatic carbocycles. The summed E-state index contributed by atoms with van der Waals surface area (Å²) in [6.07, 6.45) is 1.50. The molecule has 0 heterocycles.